The summed E-state index contributed by atoms with van der Waals surface area (Å²) in [6, 6.07) is 29.2. The Kier molecular flexibility index (Phi) is 7.76. The van der Waals surface area contributed by atoms with Crippen molar-refractivity contribution in [1.82, 2.24) is 9.71 Å². The summed E-state index contributed by atoms with van der Waals surface area (Å²) < 4.78 is 48.2. The van der Waals surface area contributed by atoms with E-state index in [2.05, 4.69) is 15.6 Å². The lowest BCUT2D eigenvalue weighted by molar-refractivity contribution is 0.371. The second-order valence-electron chi connectivity index (χ2n) is 8.78. The second-order valence-corrected chi connectivity index (χ2v) is 11.7. The molecule has 0 aliphatic carbocycles. The molecular weight excluding hydrogens is 544 g/mol. The highest BCUT2D eigenvalue weighted by molar-refractivity contribution is 7.91. The van der Waals surface area contributed by atoms with E-state index in [1.54, 1.807) is 56.7 Å². The number of ether oxygens (including phenoxy) is 3. The third-order valence-electron chi connectivity index (χ3n) is 6.43. The maximum Gasteiger partial charge on any atom is 0.269 e. The Labute approximate surface area is 237 Å². The molecule has 0 aliphatic heterocycles. The van der Waals surface area contributed by atoms with Crippen molar-refractivity contribution in [2.45, 2.75) is 9.88 Å². The number of thiazole rings is 1. The van der Waals surface area contributed by atoms with Gasteiger partial charge in [-0.1, -0.05) is 60.5 Å². The smallest absolute Gasteiger partial charge is 0.269 e. The molecule has 0 amide bonds. The molecular formula is C31H26N2O5S2. The molecule has 0 bridgehead atoms. The number of hydrogen-bond donors (Lipinski definition) is 1. The minimum Gasteiger partial charge on any atom is -0.497 e. The van der Waals surface area contributed by atoms with Crippen molar-refractivity contribution in [1.29, 1.82) is 0 Å². The molecule has 40 heavy (non-hydrogen) atoms. The van der Waals surface area contributed by atoms with Crippen LogP contribution in [0.2, 0.25) is 0 Å². The van der Waals surface area contributed by atoms with Crippen LogP contribution in [-0.2, 0) is 15.6 Å². The highest BCUT2D eigenvalue weighted by Gasteiger charge is 2.41. The molecule has 0 saturated heterocycles. The van der Waals surface area contributed by atoms with Gasteiger partial charge in [0.2, 0.25) is 4.34 Å². The molecule has 202 valence electrons. The maximum absolute atomic E-state index is 14.2. The fourth-order valence-electron chi connectivity index (χ4n) is 4.51. The predicted molar refractivity (Wildman–Crippen MR) is 157 cm³/mol. The van der Waals surface area contributed by atoms with Gasteiger partial charge in [-0.25, -0.2) is 13.4 Å². The molecule has 0 spiro atoms. The van der Waals surface area contributed by atoms with Crippen LogP contribution in [-0.4, -0.2) is 34.2 Å². The summed E-state index contributed by atoms with van der Waals surface area (Å²) in [5.41, 5.74) is 1.34. The normalized spacial score (nSPS) is 11.6. The number of aromatic nitrogens is 1. The fourth-order valence-corrected chi connectivity index (χ4v) is 7.13. The number of nitrogens with one attached hydrogen (secondary N) is 1. The van der Waals surface area contributed by atoms with E-state index >= 15 is 0 Å². The molecule has 1 N–H and O–H groups in total. The first-order valence-electron chi connectivity index (χ1n) is 12.2. The summed E-state index contributed by atoms with van der Waals surface area (Å²) in [5.74, 6) is 4.27. The number of fused-ring (bicyclic) bond motifs is 1. The van der Waals surface area contributed by atoms with E-state index in [9.17, 15) is 8.42 Å². The van der Waals surface area contributed by atoms with Crippen LogP contribution >= 0.6 is 11.3 Å². The number of sulfonamides is 1. The minimum absolute atomic E-state index is 0.0704. The van der Waals surface area contributed by atoms with Crippen LogP contribution in [0.3, 0.4) is 0 Å². The van der Waals surface area contributed by atoms with Gasteiger partial charge in [-0.2, -0.15) is 4.72 Å². The third-order valence-corrected chi connectivity index (χ3v) is 9.28. The minimum atomic E-state index is -4.16. The summed E-state index contributed by atoms with van der Waals surface area (Å²) in [6.45, 7) is 0.111. The van der Waals surface area contributed by atoms with E-state index < -0.39 is 15.6 Å². The molecule has 7 nitrogen and oxygen atoms in total. The van der Waals surface area contributed by atoms with Crippen LogP contribution in [0, 0.1) is 12.3 Å². The van der Waals surface area contributed by atoms with Gasteiger partial charge in [-0.3, -0.25) is 0 Å². The lowest BCUT2D eigenvalue weighted by Crippen LogP contribution is -2.47. The van der Waals surface area contributed by atoms with Gasteiger partial charge in [0, 0.05) is 0 Å². The van der Waals surface area contributed by atoms with E-state index in [0.717, 1.165) is 16.9 Å². The average molecular weight is 571 g/mol. The molecule has 4 aromatic carbocycles. The van der Waals surface area contributed by atoms with Crippen molar-refractivity contribution >= 4 is 31.6 Å². The lowest BCUT2D eigenvalue weighted by Gasteiger charge is -2.36. The first kappa shape index (κ1) is 27.2. The van der Waals surface area contributed by atoms with E-state index in [-0.39, 0.29) is 10.9 Å². The Balaban J connectivity index is 1.69. The maximum atomic E-state index is 14.2. The topological polar surface area (TPSA) is 86.8 Å². The monoisotopic (exact) mass is 570 g/mol. The highest BCUT2D eigenvalue weighted by atomic mass is 32.2. The van der Waals surface area contributed by atoms with Crippen LogP contribution in [0.1, 0.15) is 16.7 Å². The van der Waals surface area contributed by atoms with E-state index in [0.29, 0.717) is 38.6 Å². The van der Waals surface area contributed by atoms with E-state index in [1.807, 2.05) is 54.6 Å². The third kappa shape index (κ3) is 5.25. The van der Waals surface area contributed by atoms with Gasteiger partial charge < -0.3 is 14.2 Å². The molecule has 5 rings (SSSR count). The van der Waals surface area contributed by atoms with Crippen molar-refractivity contribution in [3.8, 4) is 29.6 Å². The zero-order chi connectivity index (χ0) is 28.2. The number of benzene rings is 4. The number of terminal acetylenes is 1. The Morgan fingerprint density at radius 1 is 0.825 bits per heavy atom. The number of rotatable bonds is 10. The summed E-state index contributed by atoms with van der Waals surface area (Å²) in [4.78, 5) is 4.46. The van der Waals surface area contributed by atoms with E-state index in [4.69, 9.17) is 20.6 Å². The zero-order valence-corrected chi connectivity index (χ0v) is 23.5. The molecule has 1 heterocycles. The van der Waals surface area contributed by atoms with Crippen molar-refractivity contribution in [3.63, 3.8) is 0 Å². The Morgan fingerprint density at radius 2 is 1.38 bits per heavy atom. The predicted octanol–water partition coefficient (Wildman–Crippen LogP) is 5.60. The van der Waals surface area contributed by atoms with Crippen LogP contribution in [0.15, 0.2) is 101 Å². The van der Waals surface area contributed by atoms with Crippen molar-refractivity contribution in [3.05, 3.63) is 114 Å². The Hall–Kier alpha value is -4.36. The first-order valence-corrected chi connectivity index (χ1v) is 14.5. The number of methoxy groups -OCH3 is 2. The van der Waals surface area contributed by atoms with Crippen molar-refractivity contribution < 1.29 is 22.6 Å². The number of hydrogen-bond acceptors (Lipinski definition) is 7. The molecule has 9 heteroatoms. The largest absolute Gasteiger partial charge is 0.497 e. The lowest BCUT2D eigenvalue weighted by atomic mass is 9.78. The molecule has 0 radical (unpaired) electrons. The van der Waals surface area contributed by atoms with Gasteiger partial charge >= 0.3 is 0 Å². The standard InChI is InChI=1S/C31H26N2O5S2/c1-4-20-38-27-18-19-28-29(21-27)39-30(32-28)40(34,35)33-31(22-8-6-5-7-9-22,23-10-14-25(36-2)15-11-23)24-12-16-26(37-3)17-13-24/h1,5-19,21,33H,20H2,2-3H3. The van der Waals surface area contributed by atoms with Gasteiger partial charge in [0.15, 0.2) is 0 Å². The zero-order valence-electron chi connectivity index (χ0n) is 21.8. The molecule has 0 unspecified atom stereocenters. The van der Waals surface area contributed by atoms with Gasteiger partial charge in [0.05, 0.1) is 24.4 Å². The van der Waals surface area contributed by atoms with Gasteiger partial charge in [-0.15, -0.1) is 17.8 Å². The molecule has 0 aliphatic rings. The van der Waals surface area contributed by atoms with E-state index in [1.165, 1.54) is 0 Å². The second kappa shape index (κ2) is 11.4. The van der Waals surface area contributed by atoms with Crippen molar-refractivity contribution in [2.75, 3.05) is 20.8 Å². The summed E-state index contributed by atoms with van der Waals surface area (Å²) in [7, 11) is -0.993. The molecule has 0 atom stereocenters. The molecule has 1 aromatic heterocycles. The fraction of sp³-hybridized carbons (Fsp3) is 0.129. The summed E-state index contributed by atoms with van der Waals surface area (Å²) in [6.07, 6.45) is 5.30. The van der Waals surface area contributed by atoms with Crippen LogP contribution in [0.4, 0.5) is 0 Å². The van der Waals surface area contributed by atoms with Crippen LogP contribution < -0.4 is 18.9 Å². The quantitative estimate of drug-likeness (QED) is 0.174. The van der Waals surface area contributed by atoms with Gasteiger partial charge in [0.25, 0.3) is 10.0 Å². The molecule has 0 saturated carbocycles. The SMILES string of the molecule is C#CCOc1ccc2nc(S(=O)(=O)NC(c3ccccc3)(c3ccc(OC)cc3)c3ccc(OC)cc3)sc2c1. The average Bonchev–Trinajstić information content (AvgIpc) is 3.44. The Bertz CT molecular complexity index is 1710. The summed E-state index contributed by atoms with van der Waals surface area (Å²) >= 11 is 1.06. The molecule has 0 fully saturated rings. The first-order chi connectivity index (χ1) is 19.4. The van der Waals surface area contributed by atoms with Gasteiger partial charge in [0.1, 0.15) is 29.4 Å². The summed E-state index contributed by atoms with van der Waals surface area (Å²) in [5, 5.41) is 0. The van der Waals surface area contributed by atoms with Gasteiger partial charge in [-0.05, 0) is 59.2 Å². The molecule has 5 aromatic rings. The van der Waals surface area contributed by atoms with Crippen LogP contribution in [0.25, 0.3) is 10.2 Å². The van der Waals surface area contributed by atoms with Crippen LogP contribution in [0.5, 0.6) is 17.2 Å². The van der Waals surface area contributed by atoms with Crippen molar-refractivity contribution in [2.24, 2.45) is 0 Å². The highest BCUT2D eigenvalue weighted by Crippen LogP contribution is 2.40. The number of nitrogens with zero attached hydrogens (tertiary/aromatic N) is 1. The Morgan fingerprint density at radius 3 is 1.93 bits per heavy atom.